The summed E-state index contributed by atoms with van der Waals surface area (Å²) < 4.78 is 33.3. The second-order valence-corrected chi connectivity index (χ2v) is 7.57. The molecule has 7 heteroatoms. The van der Waals surface area contributed by atoms with Crippen LogP contribution in [0.5, 0.6) is 11.6 Å². The molecule has 1 N–H and O–H groups in total. The Morgan fingerprint density at radius 3 is 2.42 bits per heavy atom. The Bertz CT molecular complexity index is 985. The van der Waals surface area contributed by atoms with Crippen LogP contribution < -0.4 is 9.46 Å². The summed E-state index contributed by atoms with van der Waals surface area (Å²) in [6.45, 7) is 3.97. The van der Waals surface area contributed by atoms with Crippen molar-refractivity contribution >= 4 is 10.0 Å². The van der Waals surface area contributed by atoms with Crippen LogP contribution in [-0.4, -0.2) is 18.4 Å². The van der Waals surface area contributed by atoms with Crippen molar-refractivity contribution in [1.82, 2.24) is 14.7 Å². The summed E-state index contributed by atoms with van der Waals surface area (Å²) in [6.07, 6.45) is 4.44. The number of hydrogen-bond donors (Lipinski definition) is 1. The second-order valence-electron chi connectivity index (χ2n) is 5.80. The van der Waals surface area contributed by atoms with Crippen LogP contribution in [0.2, 0.25) is 0 Å². The average Bonchev–Trinajstić information content (AvgIpc) is 2.65. The van der Waals surface area contributed by atoms with Crippen LogP contribution in [-0.2, 0) is 16.6 Å². The summed E-state index contributed by atoms with van der Waals surface area (Å²) in [6, 6.07) is 12.5. The number of aryl methyl sites for hydroxylation is 2. The van der Waals surface area contributed by atoms with Gasteiger partial charge < -0.3 is 4.74 Å². The maximum Gasteiger partial charge on any atom is 0.242 e. The van der Waals surface area contributed by atoms with Crippen LogP contribution in [0.4, 0.5) is 0 Å². The lowest BCUT2D eigenvalue weighted by Crippen LogP contribution is -2.23. The first-order chi connectivity index (χ1) is 12.5. The third-order valence-corrected chi connectivity index (χ3v) is 5.24. The van der Waals surface area contributed by atoms with Gasteiger partial charge in [-0.2, -0.15) is 0 Å². The first-order valence-corrected chi connectivity index (χ1v) is 9.53. The highest BCUT2D eigenvalue weighted by Gasteiger charge is 2.16. The van der Waals surface area contributed by atoms with E-state index in [9.17, 15) is 8.42 Å². The molecule has 0 aliphatic carbocycles. The first-order valence-electron chi connectivity index (χ1n) is 8.05. The zero-order valence-corrected chi connectivity index (χ0v) is 15.3. The smallest absolute Gasteiger partial charge is 0.242 e. The van der Waals surface area contributed by atoms with Gasteiger partial charge in [-0.25, -0.2) is 18.1 Å². The third-order valence-electron chi connectivity index (χ3n) is 3.85. The number of benzene rings is 1. The fourth-order valence-electron chi connectivity index (χ4n) is 2.47. The highest BCUT2D eigenvalue weighted by atomic mass is 32.2. The van der Waals surface area contributed by atoms with Crippen molar-refractivity contribution in [3.05, 3.63) is 77.7 Å². The van der Waals surface area contributed by atoms with Gasteiger partial charge in [-0.3, -0.25) is 4.98 Å². The Morgan fingerprint density at radius 1 is 1.00 bits per heavy atom. The van der Waals surface area contributed by atoms with Crippen molar-refractivity contribution in [3.8, 4) is 11.6 Å². The van der Waals surface area contributed by atoms with Crippen LogP contribution in [0, 0.1) is 13.8 Å². The number of nitrogens with zero attached hydrogens (tertiary/aromatic N) is 2. The van der Waals surface area contributed by atoms with E-state index in [1.165, 1.54) is 18.5 Å². The largest absolute Gasteiger partial charge is 0.438 e. The van der Waals surface area contributed by atoms with E-state index >= 15 is 0 Å². The molecule has 0 bridgehead atoms. The number of hydrogen-bond acceptors (Lipinski definition) is 5. The summed E-state index contributed by atoms with van der Waals surface area (Å²) >= 11 is 0. The second kappa shape index (κ2) is 7.63. The van der Waals surface area contributed by atoms with E-state index in [0.717, 1.165) is 16.9 Å². The summed E-state index contributed by atoms with van der Waals surface area (Å²) in [5.74, 6) is 1.10. The van der Waals surface area contributed by atoms with E-state index in [-0.39, 0.29) is 11.4 Å². The summed E-state index contributed by atoms with van der Waals surface area (Å²) in [4.78, 5) is 8.21. The number of rotatable bonds is 6. The van der Waals surface area contributed by atoms with Gasteiger partial charge in [-0.05, 0) is 43.2 Å². The molecule has 2 heterocycles. The van der Waals surface area contributed by atoms with Crippen molar-refractivity contribution in [3.63, 3.8) is 0 Å². The number of ether oxygens (including phenoxy) is 1. The van der Waals surface area contributed by atoms with Gasteiger partial charge in [-0.1, -0.05) is 24.3 Å². The Labute approximate surface area is 153 Å². The number of para-hydroxylation sites is 1. The molecule has 1 aromatic carbocycles. The van der Waals surface area contributed by atoms with Crippen molar-refractivity contribution < 1.29 is 13.2 Å². The van der Waals surface area contributed by atoms with Gasteiger partial charge in [0.05, 0.1) is 0 Å². The monoisotopic (exact) mass is 369 g/mol. The molecular weight excluding hydrogens is 350 g/mol. The van der Waals surface area contributed by atoms with E-state index < -0.39 is 10.0 Å². The van der Waals surface area contributed by atoms with Crippen molar-refractivity contribution in [2.24, 2.45) is 0 Å². The molecule has 0 amide bonds. The minimum Gasteiger partial charge on any atom is -0.438 e. The Kier molecular flexibility index (Phi) is 5.29. The van der Waals surface area contributed by atoms with E-state index in [1.807, 2.05) is 32.0 Å². The van der Waals surface area contributed by atoms with Crippen LogP contribution in [0.1, 0.15) is 16.7 Å². The average molecular weight is 369 g/mol. The summed E-state index contributed by atoms with van der Waals surface area (Å²) in [7, 11) is -3.66. The van der Waals surface area contributed by atoms with Gasteiger partial charge >= 0.3 is 0 Å². The molecule has 3 rings (SSSR count). The molecule has 3 aromatic rings. The maximum absolute atomic E-state index is 12.4. The zero-order chi connectivity index (χ0) is 18.6. The maximum atomic E-state index is 12.4. The topological polar surface area (TPSA) is 81.2 Å². The normalized spacial score (nSPS) is 11.3. The molecule has 0 fully saturated rings. The zero-order valence-electron chi connectivity index (χ0n) is 14.5. The van der Waals surface area contributed by atoms with Crippen LogP contribution in [0.15, 0.2) is 66.0 Å². The minimum absolute atomic E-state index is 0.0608. The highest BCUT2D eigenvalue weighted by Crippen LogP contribution is 2.29. The molecule has 0 atom stereocenters. The lowest BCUT2D eigenvalue weighted by atomic mass is 10.1. The fraction of sp³-hybridized carbons (Fsp3) is 0.158. The summed E-state index contributed by atoms with van der Waals surface area (Å²) in [5, 5.41) is 0. The first kappa shape index (κ1) is 18.0. The fourth-order valence-corrected chi connectivity index (χ4v) is 3.44. The van der Waals surface area contributed by atoms with E-state index in [1.54, 1.807) is 24.4 Å². The van der Waals surface area contributed by atoms with Gasteiger partial charge in [0.2, 0.25) is 15.9 Å². The molecule has 0 spiro atoms. The molecule has 0 radical (unpaired) electrons. The number of sulfonamides is 1. The predicted octanol–water partition coefficient (Wildman–Crippen LogP) is 3.36. The van der Waals surface area contributed by atoms with Gasteiger partial charge in [0.15, 0.2) is 0 Å². The van der Waals surface area contributed by atoms with Crippen LogP contribution >= 0.6 is 0 Å². The van der Waals surface area contributed by atoms with Gasteiger partial charge in [-0.15, -0.1) is 0 Å². The van der Waals surface area contributed by atoms with E-state index in [4.69, 9.17) is 4.74 Å². The van der Waals surface area contributed by atoms with Crippen molar-refractivity contribution in [1.29, 1.82) is 0 Å². The van der Waals surface area contributed by atoms with Gasteiger partial charge in [0.25, 0.3) is 0 Å². The molecule has 6 nitrogen and oxygen atoms in total. The molecule has 0 aliphatic heterocycles. The van der Waals surface area contributed by atoms with Crippen LogP contribution in [0.25, 0.3) is 0 Å². The lowest BCUT2D eigenvalue weighted by Gasteiger charge is -2.14. The standard InChI is InChI=1S/C19H19N3O3S/c1-14-6-3-7-15(2)18(14)25-19-16(8-4-11-21-19)12-22-26(23,24)17-9-5-10-20-13-17/h3-11,13,22H,12H2,1-2H3. The SMILES string of the molecule is Cc1cccc(C)c1Oc1ncccc1CNS(=O)(=O)c1cccnc1. The molecule has 0 aliphatic rings. The summed E-state index contributed by atoms with van der Waals surface area (Å²) in [5.41, 5.74) is 2.61. The Balaban J connectivity index is 1.82. The quantitative estimate of drug-likeness (QED) is 0.720. The third kappa shape index (κ3) is 4.07. The minimum atomic E-state index is -3.66. The number of aromatic nitrogens is 2. The predicted molar refractivity (Wildman–Crippen MR) is 98.5 cm³/mol. The van der Waals surface area contributed by atoms with Crippen molar-refractivity contribution in [2.75, 3.05) is 0 Å². The molecule has 0 saturated heterocycles. The van der Waals surface area contributed by atoms with E-state index in [2.05, 4.69) is 14.7 Å². The molecule has 134 valence electrons. The van der Waals surface area contributed by atoms with Crippen LogP contribution in [0.3, 0.4) is 0 Å². The highest BCUT2D eigenvalue weighted by molar-refractivity contribution is 7.89. The number of pyridine rings is 2. The Hall–Kier alpha value is -2.77. The van der Waals surface area contributed by atoms with E-state index in [0.29, 0.717) is 11.4 Å². The molecule has 26 heavy (non-hydrogen) atoms. The molecule has 2 aromatic heterocycles. The molecular formula is C19H19N3O3S. The van der Waals surface area contributed by atoms with Gasteiger partial charge in [0, 0.05) is 30.7 Å². The lowest BCUT2D eigenvalue weighted by molar-refractivity contribution is 0.448. The Morgan fingerprint density at radius 2 is 1.73 bits per heavy atom. The number of nitrogens with one attached hydrogen (secondary N) is 1. The molecule has 0 saturated carbocycles. The molecule has 0 unspecified atom stereocenters. The van der Waals surface area contributed by atoms with Gasteiger partial charge in [0.1, 0.15) is 10.6 Å². The van der Waals surface area contributed by atoms with Crippen molar-refractivity contribution in [2.45, 2.75) is 25.3 Å².